The molecule has 1 aromatic carbocycles. The third-order valence-corrected chi connectivity index (χ3v) is 3.17. The van der Waals surface area contributed by atoms with Gasteiger partial charge in [0.1, 0.15) is 25.0 Å². The Balaban J connectivity index is 2.42. The highest BCUT2D eigenvalue weighted by molar-refractivity contribution is 5.31. The van der Waals surface area contributed by atoms with E-state index in [0.29, 0.717) is 13.2 Å². The molecule has 0 aromatic heterocycles. The average molecular weight is 280 g/mol. The molecule has 0 radical (unpaired) electrons. The van der Waals surface area contributed by atoms with Crippen molar-refractivity contribution in [2.45, 2.75) is 58.6 Å². The van der Waals surface area contributed by atoms with Crippen LogP contribution in [0.1, 0.15) is 47.1 Å². The zero-order chi connectivity index (χ0) is 15.4. The molecular formula is C17H30NO2+. The van der Waals surface area contributed by atoms with Crippen LogP contribution in [0, 0.1) is 0 Å². The Morgan fingerprint density at radius 3 is 2.05 bits per heavy atom. The van der Waals surface area contributed by atoms with E-state index in [1.54, 1.807) is 0 Å². The third kappa shape index (κ3) is 6.40. The number of aliphatic hydroxyl groups excluding tert-OH is 1. The number of quaternary nitrogens is 1. The van der Waals surface area contributed by atoms with Gasteiger partial charge in [0.25, 0.3) is 0 Å². The van der Waals surface area contributed by atoms with Gasteiger partial charge in [0.05, 0.1) is 5.54 Å². The summed E-state index contributed by atoms with van der Waals surface area (Å²) in [6.45, 7) is 14.0. The van der Waals surface area contributed by atoms with Crippen molar-refractivity contribution in [1.29, 1.82) is 0 Å². The van der Waals surface area contributed by atoms with E-state index in [0.717, 1.165) is 5.75 Å². The molecular weight excluding hydrogens is 250 g/mol. The van der Waals surface area contributed by atoms with E-state index in [4.69, 9.17) is 4.74 Å². The molecule has 20 heavy (non-hydrogen) atoms. The van der Waals surface area contributed by atoms with Crippen molar-refractivity contribution in [2.75, 3.05) is 13.2 Å². The standard InChI is InChI=1S/C17H29NO2/c1-16(2,3)13-7-9-15(10-8-13)20-12-14(19)11-18-17(4,5)6/h7-10,14,18-19H,11-12H2,1-6H3/p+1/t14-/m0/s1. The first kappa shape index (κ1) is 17.0. The summed E-state index contributed by atoms with van der Waals surface area (Å²) < 4.78 is 5.63. The smallest absolute Gasteiger partial charge is 0.137 e. The number of hydrogen-bond donors (Lipinski definition) is 2. The van der Waals surface area contributed by atoms with Crippen molar-refractivity contribution in [2.24, 2.45) is 0 Å². The average Bonchev–Trinajstić information content (AvgIpc) is 2.32. The summed E-state index contributed by atoms with van der Waals surface area (Å²) in [7, 11) is 0. The largest absolute Gasteiger partial charge is 0.491 e. The van der Waals surface area contributed by atoms with Gasteiger partial charge in [-0.1, -0.05) is 32.9 Å². The van der Waals surface area contributed by atoms with Crippen molar-refractivity contribution in [3.05, 3.63) is 29.8 Å². The lowest BCUT2D eigenvalue weighted by Crippen LogP contribution is -2.96. The molecule has 3 nitrogen and oxygen atoms in total. The first-order valence-electron chi connectivity index (χ1n) is 7.34. The van der Waals surface area contributed by atoms with Gasteiger partial charge in [0.2, 0.25) is 0 Å². The normalized spacial score (nSPS) is 14.2. The summed E-state index contributed by atoms with van der Waals surface area (Å²) >= 11 is 0. The van der Waals surface area contributed by atoms with Crippen molar-refractivity contribution >= 4 is 0 Å². The van der Waals surface area contributed by atoms with E-state index in [1.807, 2.05) is 12.1 Å². The number of aliphatic hydroxyl groups is 1. The first-order chi connectivity index (χ1) is 9.08. The Bertz CT molecular complexity index is 398. The van der Waals surface area contributed by atoms with E-state index in [-0.39, 0.29) is 11.0 Å². The Kier molecular flexibility index (Phi) is 5.60. The molecule has 1 rings (SSSR count). The summed E-state index contributed by atoms with van der Waals surface area (Å²) in [5.74, 6) is 0.813. The number of rotatable bonds is 5. The number of nitrogens with two attached hydrogens (primary N) is 1. The van der Waals surface area contributed by atoms with Crippen LogP contribution in [0.3, 0.4) is 0 Å². The van der Waals surface area contributed by atoms with E-state index in [1.165, 1.54) is 5.56 Å². The highest BCUT2D eigenvalue weighted by atomic mass is 16.5. The molecule has 0 aliphatic carbocycles. The molecule has 0 saturated carbocycles. The zero-order valence-electron chi connectivity index (χ0n) is 13.7. The highest BCUT2D eigenvalue weighted by Crippen LogP contribution is 2.24. The Hall–Kier alpha value is -1.06. The maximum atomic E-state index is 9.90. The summed E-state index contributed by atoms with van der Waals surface area (Å²) in [6, 6.07) is 8.12. The van der Waals surface area contributed by atoms with Crippen LogP contribution in [-0.2, 0) is 5.41 Å². The predicted octanol–water partition coefficient (Wildman–Crippen LogP) is 2.09. The van der Waals surface area contributed by atoms with Crippen LogP contribution in [0.25, 0.3) is 0 Å². The molecule has 0 unspecified atom stereocenters. The molecule has 0 amide bonds. The van der Waals surface area contributed by atoms with Gasteiger partial charge in [0.15, 0.2) is 0 Å². The zero-order valence-corrected chi connectivity index (χ0v) is 13.7. The summed E-state index contributed by atoms with van der Waals surface area (Å²) in [4.78, 5) is 0. The minimum Gasteiger partial charge on any atom is -0.491 e. The minimum atomic E-state index is -0.448. The predicted molar refractivity (Wildman–Crippen MR) is 83.2 cm³/mol. The molecule has 0 aliphatic heterocycles. The number of benzene rings is 1. The fourth-order valence-corrected chi connectivity index (χ4v) is 1.80. The number of ether oxygens (including phenoxy) is 1. The van der Waals surface area contributed by atoms with Crippen molar-refractivity contribution < 1.29 is 15.2 Å². The fourth-order valence-electron chi connectivity index (χ4n) is 1.80. The van der Waals surface area contributed by atoms with E-state index < -0.39 is 6.10 Å². The van der Waals surface area contributed by atoms with Crippen LogP contribution in [0.15, 0.2) is 24.3 Å². The lowest BCUT2D eigenvalue weighted by Gasteiger charge is -2.20. The second kappa shape index (κ2) is 6.59. The summed E-state index contributed by atoms with van der Waals surface area (Å²) in [6.07, 6.45) is -0.448. The van der Waals surface area contributed by atoms with Crippen molar-refractivity contribution in [1.82, 2.24) is 0 Å². The molecule has 1 aromatic rings. The topological polar surface area (TPSA) is 46.1 Å². The molecule has 0 heterocycles. The van der Waals surface area contributed by atoms with Gasteiger partial charge in [-0.25, -0.2) is 0 Å². The molecule has 0 fully saturated rings. The van der Waals surface area contributed by atoms with Crippen molar-refractivity contribution in [3.63, 3.8) is 0 Å². The lowest BCUT2D eigenvalue weighted by atomic mass is 9.87. The van der Waals surface area contributed by atoms with Gasteiger partial charge in [-0.05, 0) is 43.9 Å². The molecule has 1 atom stereocenters. The molecule has 114 valence electrons. The van der Waals surface area contributed by atoms with Gasteiger partial charge in [-0.3, -0.25) is 0 Å². The highest BCUT2D eigenvalue weighted by Gasteiger charge is 2.17. The van der Waals surface area contributed by atoms with Gasteiger partial charge < -0.3 is 15.2 Å². The second-order valence-corrected chi connectivity index (χ2v) is 7.55. The lowest BCUT2D eigenvalue weighted by molar-refractivity contribution is -0.722. The van der Waals surface area contributed by atoms with Crippen molar-refractivity contribution in [3.8, 4) is 5.75 Å². The third-order valence-electron chi connectivity index (χ3n) is 3.17. The van der Waals surface area contributed by atoms with Crippen LogP contribution in [0.4, 0.5) is 0 Å². The Morgan fingerprint density at radius 1 is 1.05 bits per heavy atom. The van der Waals surface area contributed by atoms with Crippen LogP contribution >= 0.6 is 0 Å². The van der Waals surface area contributed by atoms with Crippen LogP contribution in [0.2, 0.25) is 0 Å². The SMILES string of the molecule is CC(C)(C)[NH2+]C[C@H](O)COc1ccc(C(C)(C)C)cc1. The van der Waals surface area contributed by atoms with Gasteiger partial charge in [-0.15, -0.1) is 0 Å². The van der Waals surface area contributed by atoms with Gasteiger partial charge >= 0.3 is 0 Å². The van der Waals surface area contributed by atoms with E-state index >= 15 is 0 Å². The molecule has 3 heteroatoms. The fraction of sp³-hybridized carbons (Fsp3) is 0.647. The molecule has 0 saturated heterocycles. The molecule has 0 bridgehead atoms. The molecule has 0 spiro atoms. The van der Waals surface area contributed by atoms with Crippen LogP contribution in [-0.4, -0.2) is 29.9 Å². The molecule has 0 aliphatic rings. The Labute approximate surface area is 123 Å². The van der Waals surface area contributed by atoms with Crippen LogP contribution < -0.4 is 10.1 Å². The van der Waals surface area contributed by atoms with Gasteiger partial charge in [-0.2, -0.15) is 0 Å². The minimum absolute atomic E-state index is 0.134. The monoisotopic (exact) mass is 280 g/mol. The maximum absolute atomic E-state index is 9.90. The van der Waals surface area contributed by atoms with Crippen LogP contribution in [0.5, 0.6) is 5.75 Å². The Morgan fingerprint density at radius 2 is 1.60 bits per heavy atom. The maximum Gasteiger partial charge on any atom is 0.137 e. The summed E-state index contributed by atoms with van der Waals surface area (Å²) in [5.41, 5.74) is 1.57. The van der Waals surface area contributed by atoms with Gasteiger partial charge in [0, 0.05) is 0 Å². The molecule has 3 N–H and O–H groups in total. The first-order valence-corrected chi connectivity index (χ1v) is 7.34. The quantitative estimate of drug-likeness (QED) is 0.867. The number of hydrogen-bond acceptors (Lipinski definition) is 2. The van der Waals surface area contributed by atoms with E-state index in [9.17, 15) is 5.11 Å². The van der Waals surface area contributed by atoms with E-state index in [2.05, 4.69) is 59.0 Å². The second-order valence-electron chi connectivity index (χ2n) is 7.55. The summed E-state index contributed by atoms with van der Waals surface area (Å²) in [5, 5.41) is 12.0.